The summed E-state index contributed by atoms with van der Waals surface area (Å²) in [6.45, 7) is 13.0. The third-order valence-corrected chi connectivity index (χ3v) is 9.86. The molecule has 4 aliphatic carbocycles. The molecule has 1 spiro atoms. The predicted molar refractivity (Wildman–Crippen MR) is 131 cm³/mol. The van der Waals surface area contributed by atoms with E-state index in [2.05, 4.69) is 32.6 Å². The molecule has 4 saturated carbocycles. The maximum atomic E-state index is 10.7. The summed E-state index contributed by atoms with van der Waals surface area (Å²) < 4.78 is 0. The third-order valence-electron chi connectivity index (χ3n) is 9.86. The van der Waals surface area contributed by atoms with E-state index >= 15 is 0 Å². The number of rotatable bonds is 6. The molecule has 4 aliphatic rings. The Kier molecular flexibility index (Phi) is 6.59. The average molecular weight is 443 g/mol. The molecule has 0 bridgehead atoms. The summed E-state index contributed by atoms with van der Waals surface area (Å²) in [4.78, 5) is 0. The summed E-state index contributed by atoms with van der Waals surface area (Å²) >= 11 is 0. The molecule has 0 aromatic carbocycles. The van der Waals surface area contributed by atoms with Crippen LogP contribution in [0.2, 0.25) is 0 Å². The van der Waals surface area contributed by atoms with E-state index in [0.717, 1.165) is 42.7 Å². The van der Waals surface area contributed by atoms with Crippen molar-refractivity contribution >= 4 is 0 Å². The fourth-order valence-corrected chi connectivity index (χ4v) is 7.65. The zero-order valence-corrected chi connectivity index (χ0v) is 20.9. The highest BCUT2D eigenvalue weighted by atomic mass is 16.3. The number of allylic oxidation sites excluding steroid dienone is 3. The van der Waals surface area contributed by atoms with Crippen LogP contribution in [0.5, 0.6) is 0 Å². The predicted octanol–water partition coefficient (Wildman–Crippen LogP) is 6.09. The van der Waals surface area contributed by atoms with Crippen LogP contribution in [0.15, 0.2) is 35.5 Å². The molecule has 0 saturated heterocycles. The second-order valence-electron chi connectivity index (χ2n) is 12.6. The van der Waals surface area contributed by atoms with E-state index < -0.39 is 17.8 Å². The van der Waals surface area contributed by atoms with Gasteiger partial charge in [-0.1, -0.05) is 51.0 Å². The first-order valence-corrected chi connectivity index (χ1v) is 13.2. The molecule has 6 atom stereocenters. The van der Waals surface area contributed by atoms with Gasteiger partial charge in [0.15, 0.2) is 0 Å². The molecule has 4 fully saturated rings. The van der Waals surface area contributed by atoms with Crippen molar-refractivity contribution in [1.82, 2.24) is 0 Å². The maximum absolute atomic E-state index is 10.7. The Balaban J connectivity index is 1.45. The molecule has 0 unspecified atom stereocenters. The molecular weight excluding hydrogens is 396 g/mol. The topological polar surface area (TPSA) is 60.7 Å². The Hall–Kier alpha value is -0.900. The van der Waals surface area contributed by atoms with Crippen molar-refractivity contribution in [2.24, 2.45) is 28.6 Å². The zero-order valence-electron chi connectivity index (χ0n) is 20.9. The Labute approximate surface area is 195 Å². The Morgan fingerprint density at radius 1 is 1.16 bits per heavy atom. The van der Waals surface area contributed by atoms with Gasteiger partial charge in [0.2, 0.25) is 0 Å². The minimum atomic E-state index is -0.590. The SMILES string of the molecule is C=C1/C(=C\C=C2/CCC[C@]3(C)[C@@H]([C@H](C)CCCC(C)(C)O)CC[C@@H]23)C[C@@H](O)C2(CC2)[C@@H]1O. The molecule has 4 rings (SSSR count). The summed E-state index contributed by atoms with van der Waals surface area (Å²) in [5.74, 6) is 2.10. The van der Waals surface area contributed by atoms with Crippen molar-refractivity contribution in [3.63, 3.8) is 0 Å². The van der Waals surface area contributed by atoms with Gasteiger partial charge in [-0.05, 0) is 106 Å². The Morgan fingerprint density at radius 2 is 1.88 bits per heavy atom. The van der Waals surface area contributed by atoms with Crippen molar-refractivity contribution in [3.05, 3.63) is 35.5 Å². The lowest BCUT2D eigenvalue weighted by Gasteiger charge is -2.44. The van der Waals surface area contributed by atoms with Crippen molar-refractivity contribution < 1.29 is 15.3 Å². The first-order valence-electron chi connectivity index (χ1n) is 13.2. The standard InChI is InChI=1S/C29H46O3/c1-19(8-6-14-27(3,4)32)23-12-13-24-21(9-7-15-28(23,24)5)10-11-22-18-25(30)29(16-17-29)26(31)20(22)2/h10-11,19,23-26,30-32H,2,6-9,12-18H2,1,3-5H3/b21-10+,22-11-/t19-,23-,24+,25-,26-,28-/m1/s1. The van der Waals surface area contributed by atoms with Gasteiger partial charge in [-0.25, -0.2) is 0 Å². The number of hydrogen-bond donors (Lipinski definition) is 3. The lowest BCUT2D eigenvalue weighted by atomic mass is 9.60. The molecule has 32 heavy (non-hydrogen) atoms. The average Bonchev–Trinajstić information content (AvgIpc) is 3.43. The van der Waals surface area contributed by atoms with Gasteiger partial charge in [-0.2, -0.15) is 0 Å². The van der Waals surface area contributed by atoms with Crippen LogP contribution in [0.25, 0.3) is 0 Å². The van der Waals surface area contributed by atoms with Gasteiger partial charge in [0, 0.05) is 5.41 Å². The molecule has 0 heterocycles. The van der Waals surface area contributed by atoms with Crippen molar-refractivity contribution in [3.8, 4) is 0 Å². The molecular formula is C29H46O3. The summed E-state index contributed by atoms with van der Waals surface area (Å²) in [7, 11) is 0. The fourth-order valence-electron chi connectivity index (χ4n) is 7.65. The highest BCUT2D eigenvalue weighted by Gasteiger charge is 2.58. The van der Waals surface area contributed by atoms with Crippen LogP contribution >= 0.6 is 0 Å². The summed E-state index contributed by atoms with van der Waals surface area (Å²) in [5.41, 5.74) is 2.95. The van der Waals surface area contributed by atoms with Crippen LogP contribution in [0.4, 0.5) is 0 Å². The fraction of sp³-hybridized carbons (Fsp3) is 0.793. The molecule has 0 aromatic heterocycles. The monoisotopic (exact) mass is 442 g/mol. The van der Waals surface area contributed by atoms with Gasteiger partial charge in [0.05, 0.1) is 17.8 Å². The zero-order chi connectivity index (χ0) is 23.3. The second kappa shape index (κ2) is 8.71. The summed E-state index contributed by atoms with van der Waals surface area (Å²) in [6, 6.07) is 0. The van der Waals surface area contributed by atoms with Gasteiger partial charge in [0.1, 0.15) is 0 Å². The van der Waals surface area contributed by atoms with E-state index in [4.69, 9.17) is 0 Å². The maximum Gasteiger partial charge on any atom is 0.0868 e. The van der Waals surface area contributed by atoms with Gasteiger partial charge >= 0.3 is 0 Å². The van der Waals surface area contributed by atoms with E-state index in [0.29, 0.717) is 23.7 Å². The van der Waals surface area contributed by atoms with E-state index in [1.807, 2.05) is 13.8 Å². The van der Waals surface area contributed by atoms with Crippen LogP contribution in [-0.2, 0) is 0 Å². The second-order valence-corrected chi connectivity index (χ2v) is 12.6. The lowest BCUT2D eigenvalue weighted by Crippen LogP contribution is -2.40. The van der Waals surface area contributed by atoms with Gasteiger partial charge in [-0.3, -0.25) is 0 Å². The van der Waals surface area contributed by atoms with Crippen LogP contribution in [0.1, 0.15) is 98.3 Å². The molecule has 3 heteroatoms. The van der Waals surface area contributed by atoms with E-state index in [1.165, 1.54) is 38.5 Å². The van der Waals surface area contributed by atoms with Crippen LogP contribution in [0, 0.1) is 28.6 Å². The summed E-state index contributed by atoms with van der Waals surface area (Å²) in [5, 5.41) is 31.4. The first kappa shape index (κ1) is 24.2. The molecule has 0 aromatic rings. The van der Waals surface area contributed by atoms with Crippen molar-refractivity contribution in [2.75, 3.05) is 0 Å². The van der Waals surface area contributed by atoms with E-state index in [1.54, 1.807) is 5.57 Å². The Morgan fingerprint density at radius 3 is 2.53 bits per heavy atom. The smallest absolute Gasteiger partial charge is 0.0868 e. The van der Waals surface area contributed by atoms with Gasteiger partial charge in [0.25, 0.3) is 0 Å². The number of aliphatic hydroxyl groups excluding tert-OH is 2. The number of hydrogen-bond acceptors (Lipinski definition) is 3. The normalized spacial score (nSPS) is 40.2. The molecule has 0 radical (unpaired) electrons. The Bertz CT molecular complexity index is 781. The number of aliphatic hydroxyl groups is 3. The molecule has 180 valence electrons. The van der Waals surface area contributed by atoms with Gasteiger partial charge in [-0.15, -0.1) is 0 Å². The van der Waals surface area contributed by atoms with Crippen LogP contribution in [0.3, 0.4) is 0 Å². The summed E-state index contributed by atoms with van der Waals surface area (Å²) in [6.07, 6.45) is 15.5. The van der Waals surface area contributed by atoms with E-state index in [9.17, 15) is 15.3 Å². The molecule has 3 N–H and O–H groups in total. The first-order chi connectivity index (χ1) is 15.0. The third kappa shape index (κ3) is 4.42. The lowest BCUT2D eigenvalue weighted by molar-refractivity contribution is 0.00125. The van der Waals surface area contributed by atoms with Crippen LogP contribution in [-0.4, -0.2) is 33.1 Å². The highest BCUT2D eigenvalue weighted by molar-refractivity contribution is 5.42. The van der Waals surface area contributed by atoms with Crippen LogP contribution < -0.4 is 0 Å². The van der Waals surface area contributed by atoms with Gasteiger partial charge < -0.3 is 15.3 Å². The molecule has 0 aliphatic heterocycles. The minimum Gasteiger partial charge on any atom is -0.392 e. The largest absolute Gasteiger partial charge is 0.392 e. The molecule has 0 amide bonds. The van der Waals surface area contributed by atoms with E-state index in [-0.39, 0.29) is 5.41 Å². The number of fused-ring (bicyclic) bond motifs is 1. The van der Waals surface area contributed by atoms with Crippen molar-refractivity contribution in [1.29, 1.82) is 0 Å². The quantitative estimate of drug-likeness (QED) is 0.466. The minimum absolute atomic E-state index is 0.301. The van der Waals surface area contributed by atoms with Crippen molar-refractivity contribution in [2.45, 2.75) is 116 Å². The molecule has 3 nitrogen and oxygen atoms in total. The highest BCUT2D eigenvalue weighted by Crippen LogP contribution is 2.60.